The van der Waals surface area contributed by atoms with Crippen LogP contribution in [0.1, 0.15) is 16.1 Å². The van der Waals surface area contributed by atoms with Crippen LogP contribution in [0.15, 0.2) is 82.4 Å². The smallest absolute Gasteiger partial charge is 0.288 e. The summed E-state index contributed by atoms with van der Waals surface area (Å²) in [6, 6.07) is 21.2. The zero-order chi connectivity index (χ0) is 19.5. The maximum absolute atomic E-state index is 13.3. The number of H-pyrrole nitrogens is 1. The van der Waals surface area contributed by atoms with E-state index in [-0.39, 0.29) is 11.7 Å². The first-order valence-corrected chi connectivity index (χ1v) is 9.37. The molecule has 28 heavy (non-hydrogen) atoms. The van der Waals surface area contributed by atoms with Crippen molar-refractivity contribution >= 4 is 39.0 Å². The molecule has 0 spiro atoms. The minimum absolute atomic E-state index is 0.325. The monoisotopic (exact) mass is 435 g/mol. The van der Waals surface area contributed by atoms with Crippen LogP contribution >= 0.6 is 15.9 Å². The van der Waals surface area contributed by atoms with E-state index in [4.69, 9.17) is 0 Å². The van der Waals surface area contributed by atoms with Crippen molar-refractivity contribution < 1.29 is 9.18 Å². The summed E-state index contributed by atoms with van der Waals surface area (Å²) in [6.07, 6.45) is 1.57. The van der Waals surface area contributed by atoms with E-state index in [9.17, 15) is 9.18 Å². The van der Waals surface area contributed by atoms with Crippen LogP contribution in [0.5, 0.6) is 0 Å². The van der Waals surface area contributed by atoms with E-state index in [2.05, 4.69) is 31.4 Å². The molecule has 0 atom stereocenters. The van der Waals surface area contributed by atoms with Gasteiger partial charge in [0.25, 0.3) is 5.91 Å². The number of para-hydroxylation sites is 1. The molecule has 1 aromatic heterocycles. The molecule has 1 amide bonds. The Balaban J connectivity index is 1.67. The second-order valence-corrected chi connectivity index (χ2v) is 7.09. The molecule has 6 heteroatoms. The number of aromatic nitrogens is 1. The topological polar surface area (TPSA) is 57.2 Å². The molecule has 1 heterocycles. The lowest BCUT2D eigenvalue weighted by molar-refractivity contribution is 0.0951. The van der Waals surface area contributed by atoms with Gasteiger partial charge >= 0.3 is 0 Å². The maximum Gasteiger partial charge on any atom is 0.288 e. The number of halogens is 2. The third kappa shape index (κ3) is 3.73. The molecule has 4 aromatic rings. The van der Waals surface area contributed by atoms with E-state index in [0.717, 1.165) is 26.5 Å². The second kappa shape index (κ2) is 7.78. The highest BCUT2D eigenvalue weighted by molar-refractivity contribution is 9.10. The standard InChI is InChI=1S/C22H15BrFN3O/c23-16-9-5-14(6-10-16)13-25-27-22(28)21-20(15-7-11-17(24)12-8-15)18-3-1-2-4-19(18)26-21/h1-13,26H,(H,27,28). The van der Waals surface area contributed by atoms with Crippen molar-refractivity contribution in [3.8, 4) is 11.1 Å². The summed E-state index contributed by atoms with van der Waals surface area (Å²) >= 11 is 3.38. The lowest BCUT2D eigenvalue weighted by Gasteiger charge is -2.04. The molecule has 4 nitrogen and oxygen atoms in total. The fourth-order valence-electron chi connectivity index (χ4n) is 3.00. The number of hydrogen-bond acceptors (Lipinski definition) is 2. The van der Waals surface area contributed by atoms with Crippen LogP contribution in [0.3, 0.4) is 0 Å². The molecule has 3 aromatic carbocycles. The van der Waals surface area contributed by atoms with Gasteiger partial charge in [0.15, 0.2) is 0 Å². The molecule has 2 N–H and O–H groups in total. The van der Waals surface area contributed by atoms with Gasteiger partial charge < -0.3 is 4.98 Å². The van der Waals surface area contributed by atoms with Crippen LogP contribution in [0, 0.1) is 5.82 Å². The highest BCUT2D eigenvalue weighted by atomic mass is 79.9. The van der Waals surface area contributed by atoms with Crippen molar-refractivity contribution in [1.82, 2.24) is 10.4 Å². The SMILES string of the molecule is O=C(NN=Cc1ccc(Br)cc1)c1[nH]c2ccccc2c1-c1ccc(F)cc1. The van der Waals surface area contributed by atoms with Gasteiger partial charge in [-0.2, -0.15) is 5.10 Å². The minimum Gasteiger partial charge on any atom is -0.350 e. The molecule has 138 valence electrons. The summed E-state index contributed by atoms with van der Waals surface area (Å²) in [4.78, 5) is 15.9. The van der Waals surface area contributed by atoms with Gasteiger partial charge in [-0.05, 0) is 41.5 Å². The Morgan fingerprint density at radius 2 is 1.71 bits per heavy atom. The molecule has 0 aliphatic carbocycles. The Morgan fingerprint density at radius 3 is 2.46 bits per heavy atom. The van der Waals surface area contributed by atoms with Crippen molar-refractivity contribution in [2.75, 3.05) is 0 Å². The fraction of sp³-hybridized carbons (Fsp3) is 0. The van der Waals surface area contributed by atoms with E-state index < -0.39 is 0 Å². The van der Waals surface area contributed by atoms with Gasteiger partial charge in [0.05, 0.1) is 6.21 Å². The van der Waals surface area contributed by atoms with Crippen molar-refractivity contribution in [3.05, 3.63) is 94.3 Å². The molecule has 0 bridgehead atoms. The molecule has 0 radical (unpaired) electrons. The number of benzene rings is 3. The largest absolute Gasteiger partial charge is 0.350 e. The van der Waals surface area contributed by atoms with E-state index in [1.54, 1.807) is 18.3 Å². The number of amides is 1. The van der Waals surface area contributed by atoms with Gasteiger partial charge in [-0.25, -0.2) is 9.82 Å². The summed E-state index contributed by atoms with van der Waals surface area (Å²) in [7, 11) is 0. The first-order chi connectivity index (χ1) is 13.6. The minimum atomic E-state index is -0.371. The van der Waals surface area contributed by atoms with E-state index in [1.165, 1.54) is 12.1 Å². The second-order valence-electron chi connectivity index (χ2n) is 6.18. The van der Waals surface area contributed by atoms with Crippen molar-refractivity contribution in [2.24, 2.45) is 5.10 Å². The van der Waals surface area contributed by atoms with Gasteiger partial charge in [0, 0.05) is 20.9 Å². The average Bonchev–Trinajstić information content (AvgIpc) is 3.10. The summed E-state index contributed by atoms with van der Waals surface area (Å²) in [5.74, 6) is -0.697. The number of fused-ring (bicyclic) bond motifs is 1. The molecular weight excluding hydrogens is 421 g/mol. The Bertz CT molecular complexity index is 1160. The Hall–Kier alpha value is -3.25. The van der Waals surface area contributed by atoms with Crippen LogP contribution in [0.4, 0.5) is 4.39 Å². The number of rotatable bonds is 4. The molecule has 0 unspecified atom stereocenters. The lowest BCUT2D eigenvalue weighted by atomic mass is 10.0. The van der Waals surface area contributed by atoms with Gasteiger partial charge in [-0.3, -0.25) is 4.79 Å². The third-order valence-electron chi connectivity index (χ3n) is 4.32. The lowest BCUT2D eigenvalue weighted by Crippen LogP contribution is -2.18. The maximum atomic E-state index is 13.3. The molecular formula is C22H15BrFN3O. The quantitative estimate of drug-likeness (QED) is 0.322. The summed E-state index contributed by atoms with van der Waals surface area (Å²) in [5.41, 5.74) is 6.08. The highest BCUT2D eigenvalue weighted by Crippen LogP contribution is 2.32. The van der Waals surface area contributed by atoms with Crippen LogP contribution < -0.4 is 5.43 Å². The van der Waals surface area contributed by atoms with E-state index in [1.807, 2.05) is 48.5 Å². The van der Waals surface area contributed by atoms with Gasteiger partial charge in [0.1, 0.15) is 11.5 Å². The number of aromatic amines is 1. The predicted octanol–water partition coefficient (Wildman–Crippen LogP) is 5.50. The van der Waals surface area contributed by atoms with Gasteiger partial charge in [-0.15, -0.1) is 0 Å². The first-order valence-electron chi connectivity index (χ1n) is 8.57. The van der Waals surface area contributed by atoms with Gasteiger partial charge in [-0.1, -0.05) is 58.4 Å². The number of carbonyl (C=O) groups excluding carboxylic acids is 1. The predicted molar refractivity (Wildman–Crippen MR) is 113 cm³/mol. The van der Waals surface area contributed by atoms with Crippen LogP contribution in [-0.2, 0) is 0 Å². The number of nitrogens with one attached hydrogen (secondary N) is 2. The van der Waals surface area contributed by atoms with Crippen molar-refractivity contribution in [1.29, 1.82) is 0 Å². The molecule has 0 fully saturated rings. The van der Waals surface area contributed by atoms with Gasteiger partial charge in [0.2, 0.25) is 0 Å². The molecule has 0 saturated heterocycles. The normalized spacial score (nSPS) is 11.2. The summed E-state index contributed by atoms with van der Waals surface area (Å²) < 4.78 is 14.3. The third-order valence-corrected chi connectivity index (χ3v) is 4.84. The molecule has 0 aliphatic rings. The number of hydrogen-bond donors (Lipinski definition) is 2. The van der Waals surface area contributed by atoms with E-state index in [0.29, 0.717) is 11.3 Å². The average molecular weight is 436 g/mol. The number of carbonyl (C=O) groups is 1. The fourth-order valence-corrected chi connectivity index (χ4v) is 3.26. The summed E-state index contributed by atoms with van der Waals surface area (Å²) in [6.45, 7) is 0. The molecule has 4 rings (SSSR count). The Labute approximate surface area is 169 Å². The first kappa shape index (κ1) is 18.1. The highest BCUT2D eigenvalue weighted by Gasteiger charge is 2.18. The number of hydrazone groups is 1. The van der Waals surface area contributed by atoms with Crippen LogP contribution in [0.25, 0.3) is 22.0 Å². The molecule has 0 aliphatic heterocycles. The van der Waals surface area contributed by atoms with Crippen LogP contribution in [-0.4, -0.2) is 17.1 Å². The molecule has 0 saturated carbocycles. The Morgan fingerprint density at radius 1 is 1.00 bits per heavy atom. The van der Waals surface area contributed by atoms with Crippen molar-refractivity contribution in [3.63, 3.8) is 0 Å². The Kier molecular flexibility index (Phi) is 5.04. The number of nitrogens with zero attached hydrogens (tertiary/aromatic N) is 1. The zero-order valence-corrected chi connectivity index (χ0v) is 16.2. The van der Waals surface area contributed by atoms with Crippen LogP contribution in [0.2, 0.25) is 0 Å². The van der Waals surface area contributed by atoms with Crippen molar-refractivity contribution in [2.45, 2.75) is 0 Å². The summed E-state index contributed by atoms with van der Waals surface area (Å²) in [5, 5.41) is 4.93. The zero-order valence-electron chi connectivity index (χ0n) is 14.6. The van der Waals surface area contributed by atoms with E-state index >= 15 is 0 Å².